The number of anilines is 2. The van der Waals surface area contributed by atoms with Crippen LogP contribution in [0.15, 0.2) is 0 Å². The van der Waals surface area contributed by atoms with E-state index in [9.17, 15) is 4.79 Å². The van der Waals surface area contributed by atoms with E-state index < -0.39 is 0 Å². The van der Waals surface area contributed by atoms with Crippen LogP contribution in [0.1, 0.15) is 19.5 Å². The van der Waals surface area contributed by atoms with Crippen molar-refractivity contribution in [2.45, 2.75) is 20.8 Å². The number of nitrogens with one attached hydrogen (secondary N) is 1. The van der Waals surface area contributed by atoms with Crippen LogP contribution in [0.25, 0.3) is 0 Å². The zero-order chi connectivity index (χ0) is 10.0. The monoisotopic (exact) mass is 199 g/mol. The summed E-state index contributed by atoms with van der Waals surface area (Å²) in [6.45, 7) is 5.48. The normalized spacial score (nSPS) is 10.5. The maximum absolute atomic E-state index is 11.2. The van der Waals surface area contributed by atoms with Crippen molar-refractivity contribution >= 4 is 27.4 Å². The van der Waals surface area contributed by atoms with Crippen LogP contribution >= 0.6 is 11.3 Å². The first-order valence-electron chi connectivity index (χ1n) is 4.04. The molecule has 0 unspecified atom stereocenters. The number of aromatic nitrogens is 1. The van der Waals surface area contributed by atoms with Crippen molar-refractivity contribution in [2.24, 2.45) is 5.92 Å². The molecule has 0 bridgehead atoms. The maximum atomic E-state index is 11.2. The number of aryl methyl sites for hydroxylation is 1. The molecular formula is C8H13N3OS. The van der Waals surface area contributed by atoms with Gasteiger partial charge in [0.2, 0.25) is 5.91 Å². The lowest BCUT2D eigenvalue weighted by Crippen LogP contribution is -2.17. The second-order valence-electron chi connectivity index (χ2n) is 3.11. The highest BCUT2D eigenvalue weighted by atomic mass is 32.1. The number of nitrogens with two attached hydrogens (primary N) is 1. The molecule has 1 amide bonds. The Bertz CT molecular complexity index is 300. The average Bonchev–Trinajstić information content (AvgIpc) is 2.31. The Morgan fingerprint density at radius 1 is 1.62 bits per heavy atom. The maximum Gasteiger partial charge on any atom is 0.228 e. The number of hydrogen-bond donors (Lipinski definition) is 2. The van der Waals surface area contributed by atoms with Crippen LogP contribution in [-0.4, -0.2) is 10.9 Å². The van der Waals surface area contributed by atoms with Gasteiger partial charge in [0, 0.05) is 5.92 Å². The standard InChI is InChI=1S/C8H13N3OS/c1-4(2)7(12)11-8-10-5(3)6(9)13-8/h4H,9H2,1-3H3,(H,10,11,12). The largest absolute Gasteiger partial charge is 0.389 e. The molecule has 3 N–H and O–H groups in total. The number of amides is 1. The molecule has 13 heavy (non-hydrogen) atoms. The molecule has 0 radical (unpaired) electrons. The van der Waals surface area contributed by atoms with Crippen molar-refractivity contribution in [3.8, 4) is 0 Å². The van der Waals surface area contributed by atoms with E-state index in [1.807, 2.05) is 20.8 Å². The van der Waals surface area contributed by atoms with E-state index in [1.54, 1.807) is 0 Å². The molecule has 0 atom stereocenters. The van der Waals surface area contributed by atoms with E-state index in [0.717, 1.165) is 5.69 Å². The minimum Gasteiger partial charge on any atom is -0.389 e. The van der Waals surface area contributed by atoms with E-state index in [4.69, 9.17) is 5.73 Å². The Balaban J connectivity index is 2.70. The molecule has 1 aromatic rings. The number of nitrogen functional groups attached to an aromatic ring is 1. The lowest BCUT2D eigenvalue weighted by molar-refractivity contribution is -0.118. The van der Waals surface area contributed by atoms with Gasteiger partial charge in [0.15, 0.2) is 5.13 Å². The highest BCUT2D eigenvalue weighted by Gasteiger charge is 2.10. The van der Waals surface area contributed by atoms with Gasteiger partial charge < -0.3 is 11.1 Å². The highest BCUT2D eigenvalue weighted by molar-refractivity contribution is 7.19. The summed E-state index contributed by atoms with van der Waals surface area (Å²) in [6, 6.07) is 0. The van der Waals surface area contributed by atoms with Crippen LogP contribution < -0.4 is 11.1 Å². The molecule has 0 saturated carbocycles. The SMILES string of the molecule is Cc1nc(NC(=O)C(C)C)sc1N. The van der Waals surface area contributed by atoms with Gasteiger partial charge in [-0.3, -0.25) is 4.79 Å². The second kappa shape index (κ2) is 3.74. The highest BCUT2D eigenvalue weighted by Crippen LogP contribution is 2.24. The van der Waals surface area contributed by atoms with Gasteiger partial charge in [0.1, 0.15) is 5.00 Å². The van der Waals surface area contributed by atoms with Gasteiger partial charge in [-0.15, -0.1) is 0 Å². The third-order valence-corrected chi connectivity index (χ3v) is 2.49. The number of carbonyl (C=O) groups excluding carboxylic acids is 1. The van der Waals surface area contributed by atoms with Crippen LogP contribution in [0.5, 0.6) is 0 Å². The van der Waals surface area contributed by atoms with Gasteiger partial charge >= 0.3 is 0 Å². The topological polar surface area (TPSA) is 68.0 Å². The predicted octanol–water partition coefficient (Wildman–Crippen LogP) is 1.63. The first-order valence-corrected chi connectivity index (χ1v) is 4.86. The molecule has 0 aromatic carbocycles. The fourth-order valence-corrected chi connectivity index (χ4v) is 1.45. The van der Waals surface area contributed by atoms with Crippen LogP contribution in [0.3, 0.4) is 0 Å². The van der Waals surface area contributed by atoms with Crippen molar-refractivity contribution < 1.29 is 4.79 Å². The molecule has 1 heterocycles. The van der Waals surface area contributed by atoms with E-state index in [-0.39, 0.29) is 11.8 Å². The van der Waals surface area contributed by atoms with Crippen molar-refractivity contribution in [3.05, 3.63) is 5.69 Å². The number of thiazole rings is 1. The Morgan fingerprint density at radius 2 is 2.23 bits per heavy atom. The summed E-state index contributed by atoms with van der Waals surface area (Å²) >= 11 is 1.29. The van der Waals surface area contributed by atoms with Gasteiger partial charge in [0.05, 0.1) is 5.69 Å². The quantitative estimate of drug-likeness (QED) is 0.760. The molecule has 0 aliphatic carbocycles. The summed E-state index contributed by atoms with van der Waals surface area (Å²) in [7, 11) is 0. The number of nitrogens with zero attached hydrogens (tertiary/aromatic N) is 1. The van der Waals surface area contributed by atoms with Crippen LogP contribution in [0, 0.1) is 12.8 Å². The summed E-state index contributed by atoms with van der Waals surface area (Å²) in [5.41, 5.74) is 6.36. The fourth-order valence-electron chi connectivity index (χ4n) is 0.711. The van der Waals surface area contributed by atoms with Gasteiger partial charge in [-0.05, 0) is 6.92 Å². The lowest BCUT2D eigenvalue weighted by atomic mass is 10.2. The molecule has 1 aromatic heterocycles. The Kier molecular flexibility index (Phi) is 2.87. The molecule has 0 saturated heterocycles. The Morgan fingerprint density at radius 3 is 2.62 bits per heavy atom. The van der Waals surface area contributed by atoms with Gasteiger partial charge in [-0.1, -0.05) is 25.2 Å². The zero-order valence-electron chi connectivity index (χ0n) is 7.92. The summed E-state index contributed by atoms with van der Waals surface area (Å²) in [6.07, 6.45) is 0. The molecule has 0 aliphatic heterocycles. The number of carbonyl (C=O) groups is 1. The minimum absolute atomic E-state index is 0.0336. The second-order valence-corrected chi connectivity index (χ2v) is 4.14. The van der Waals surface area contributed by atoms with Crippen molar-refractivity contribution in [3.63, 3.8) is 0 Å². The number of rotatable bonds is 2. The summed E-state index contributed by atoms with van der Waals surface area (Å²) in [5.74, 6) is -0.0702. The third kappa shape index (κ3) is 2.42. The molecule has 4 nitrogen and oxygen atoms in total. The Labute approximate surface area is 81.2 Å². The molecule has 0 aliphatic rings. The summed E-state index contributed by atoms with van der Waals surface area (Å²) in [4.78, 5) is 15.3. The fraction of sp³-hybridized carbons (Fsp3) is 0.500. The molecule has 0 fully saturated rings. The molecule has 72 valence electrons. The van der Waals surface area contributed by atoms with Gasteiger partial charge in [-0.25, -0.2) is 4.98 Å². The van der Waals surface area contributed by atoms with E-state index in [2.05, 4.69) is 10.3 Å². The molecular weight excluding hydrogens is 186 g/mol. The summed E-state index contributed by atoms with van der Waals surface area (Å²) in [5, 5.41) is 3.92. The third-order valence-electron chi connectivity index (χ3n) is 1.59. The zero-order valence-corrected chi connectivity index (χ0v) is 8.73. The number of hydrogen-bond acceptors (Lipinski definition) is 4. The van der Waals surface area contributed by atoms with E-state index in [1.165, 1.54) is 11.3 Å². The average molecular weight is 199 g/mol. The Hall–Kier alpha value is -1.10. The van der Waals surface area contributed by atoms with E-state index in [0.29, 0.717) is 10.1 Å². The first-order chi connectivity index (χ1) is 6.00. The van der Waals surface area contributed by atoms with Crippen LogP contribution in [0.2, 0.25) is 0 Å². The van der Waals surface area contributed by atoms with Crippen LogP contribution in [-0.2, 0) is 4.79 Å². The molecule has 5 heteroatoms. The van der Waals surface area contributed by atoms with E-state index >= 15 is 0 Å². The van der Waals surface area contributed by atoms with Crippen molar-refractivity contribution in [1.82, 2.24) is 4.98 Å². The van der Waals surface area contributed by atoms with Crippen molar-refractivity contribution in [2.75, 3.05) is 11.1 Å². The first kappa shape index (κ1) is 9.98. The smallest absolute Gasteiger partial charge is 0.228 e. The van der Waals surface area contributed by atoms with Crippen molar-refractivity contribution in [1.29, 1.82) is 0 Å². The lowest BCUT2D eigenvalue weighted by Gasteiger charge is -2.02. The minimum atomic E-state index is -0.0366. The predicted molar refractivity (Wildman–Crippen MR) is 54.7 cm³/mol. The molecule has 0 spiro atoms. The van der Waals surface area contributed by atoms with Gasteiger partial charge in [0.25, 0.3) is 0 Å². The van der Waals surface area contributed by atoms with Crippen LogP contribution in [0.4, 0.5) is 10.1 Å². The van der Waals surface area contributed by atoms with Gasteiger partial charge in [-0.2, -0.15) is 0 Å². The summed E-state index contributed by atoms with van der Waals surface area (Å²) < 4.78 is 0. The molecule has 1 rings (SSSR count).